The van der Waals surface area contributed by atoms with Crippen molar-refractivity contribution < 1.29 is 13.9 Å². The summed E-state index contributed by atoms with van der Waals surface area (Å²) < 4.78 is 20.4. The number of amides is 1. The molecular weight excluding hydrogens is 415 g/mol. The standard InChI is InChI=1S/C15H14ClFN6O2S2/c1-8-19-21-14(27-8)18-13(24)7-26-15-22-20-12(23(15)2)6-25-9-3-4-11(17)10(16)5-9/h3-5H,6-7H2,1-2H3,(H,18,21,24). The molecule has 1 amide bonds. The molecule has 0 fully saturated rings. The summed E-state index contributed by atoms with van der Waals surface area (Å²) >= 11 is 8.27. The van der Waals surface area contributed by atoms with Crippen LogP contribution in [0.1, 0.15) is 10.8 Å². The molecule has 0 saturated carbocycles. The zero-order valence-electron chi connectivity index (χ0n) is 14.3. The van der Waals surface area contributed by atoms with Crippen molar-refractivity contribution in [2.75, 3.05) is 11.1 Å². The van der Waals surface area contributed by atoms with Crippen molar-refractivity contribution in [1.82, 2.24) is 25.0 Å². The Bertz CT molecular complexity index is 964. The van der Waals surface area contributed by atoms with Gasteiger partial charge in [-0.25, -0.2) is 4.39 Å². The summed E-state index contributed by atoms with van der Waals surface area (Å²) in [6.07, 6.45) is 0. The van der Waals surface area contributed by atoms with Gasteiger partial charge in [0.15, 0.2) is 11.0 Å². The maximum absolute atomic E-state index is 13.2. The molecule has 0 aliphatic carbocycles. The number of nitrogens with zero attached hydrogens (tertiary/aromatic N) is 5. The summed E-state index contributed by atoms with van der Waals surface area (Å²) in [5.41, 5.74) is 0. The monoisotopic (exact) mass is 428 g/mol. The summed E-state index contributed by atoms with van der Waals surface area (Å²) in [5.74, 6) is 0.406. The maximum Gasteiger partial charge on any atom is 0.236 e. The molecule has 0 aliphatic heterocycles. The first kappa shape index (κ1) is 19.5. The highest BCUT2D eigenvalue weighted by Crippen LogP contribution is 2.22. The number of carbonyl (C=O) groups excluding carboxylic acids is 1. The van der Waals surface area contributed by atoms with Crippen molar-refractivity contribution in [3.63, 3.8) is 0 Å². The topological polar surface area (TPSA) is 94.8 Å². The lowest BCUT2D eigenvalue weighted by Gasteiger charge is -2.07. The average molecular weight is 429 g/mol. The predicted octanol–water partition coefficient (Wildman–Crippen LogP) is 3.08. The van der Waals surface area contributed by atoms with Gasteiger partial charge in [0, 0.05) is 13.1 Å². The first-order valence-corrected chi connectivity index (χ1v) is 9.79. The number of aromatic nitrogens is 5. The van der Waals surface area contributed by atoms with E-state index >= 15 is 0 Å². The Morgan fingerprint density at radius 2 is 2.19 bits per heavy atom. The van der Waals surface area contributed by atoms with Gasteiger partial charge in [-0.1, -0.05) is 34.7 Å². The Labute approximate surface area is 167 Å². The highest BCUT2D eigenvalue weighted by Gasteiger charge is 2.13. The first-order valence-electron chi connectivity index (χ1n) is 7.61. The molecule has 0 radical (unpaired) electrons. The van der Waals surface area contributed by atoms with Gasteiger partial charge in [-0.2, -0.15) is 0 Å². The number of hydrogen-bond donors (Lipinski definition) is 1. The second kappa shape index (κ2) is 8.63. The number of benzene rings is 1. The van der Waals surface area contributed by atoms with Crippen LogP contribution in [-0.4, -0.2) is 36.6 Å². The Kier molecular flexibility index (Phi) is 6.24. The van der Waals surface area contributed by atoms with Crippen molar-refractivity contribution in [1.29, 1.82) is 0 Å². The second-order valence-electron chi connectivity index (χ2n) is 5.29. The van der Waals surface area contributed by atoms with Crippen LogP contribution in [0.3, 0.4) is 0 Å². The lowest BCUT2D eigenvalue weighted by atomic mass is 10.3. The van der Waals surface area contributed by atoms with Crippen LogP contribution >= 0.6 is 34.7 Å². The molecule has 12 heteroatoms. The van der Waals surface area contributed by atoms with Crippen LogP contribution in [0.4, 0.5) is 9.52 Å². The number of aryl methyl sites for hydroxylation is 1. The fourth-order valence-corrected chi connectivity index (χ4v) is 3.45. The van der Waals surface area contributed by atoms with E-state index in [-0.39, 0.29) is 23.3 Å². The molecule has 0 aliphatic rings. The second-order valence-corrected chi connectivity index (χ2v) is 7.82. The lowest BCUT2D eigenvalue weighted by molar-refractivity contribution is -0.113. The Morgan fingerprint density at radius 3 is 2.89 bits per heavy atom. The van der Waals surface area contributed by atoms with Crippen LogP contribution < -0.4 is 10.1 Å². The van der Waals surface area contributed by atoms with E-state index in [4.69, 9.17) is 16.3 Å². The molecule has 3 aromatic rings. The minimum atomic E-state index is -0.511. The summed E-state index contributed by atoms with van der Waals surface area (Å²) in [6.45, 7) is 1.94. The smallest absolute Gasteiger partial charge is 0.236 e. The molecular formula is C15H14ClFN6O2S2. The molecule has 8 nitrogen and oxygen atoms in total. The number of halogens is 2. The van der Waals surface area contributed by atoms with Gasteiger partial charge in [-0.15, -0.1) is 20.4 Å². The molecule has 1 aromatic carbocycles. The Hall–Kier alpha value is -2.24. The molecule has 27 heavy (non-hydrogen) atoms. The van der Waals surface area contributed by atoms with Gasteiger partial charge in [-0.3, -0.25) is 10.1 Å². The molecule has 2 aromatic heterocycles. The van der Waals surface area contributed by atoms with Gasteiger partial charge >= 0.3 is 0 Å². The minimum Gasteiger partial charge on any atom is -0.486 e. The molecule has 2 heterocycles. The zero-order chi connectivity index (χ0) is 19.4. The first-order chi connectivity index (χ1) is 12.9. The van der Waals surface area contributed by atoms with Crippen LogP contribution in [0.2, 0.25) is 5.02 Å². The molecule has 3 rings (SSSR count). The maximum atomic E-state index is 13.2. The minimum absolute atomic E-state index is 0.0154. The van der Waals surface area contributed by atoms with Crippen molar-refractivity contribution in [3.05, 3.63) is 39.9 Å². The van der Waals surface area contributed by atoms with Gasteiger partial charge in [0.1, 0.15) is 23.2 Å². The van der Waals surface area contributed by atoms with E-state index < -0.39 is 5.82 Å². The van der Waals surface area contributed by atoms with E-state index in [2.05, 4.69) is 25.7 Å². The summed E-state index contributed by atoms with van der Waals surface area (Å²) in [4.78, 5) is 12.0. The molecule has 0 bridgehead atoms. The quantitative estimate of drug-likeness (QED) is 0.578. The lowest BCUT2D eigenvalue weighted by Crippen LogP contribution is -2.14. The fraction of sp³-hybridized carbons (Fsp3) is 0.267. The molecule has 142 valence electrons. The van der Waals surface area contributed by atoms with Crippen LogP contribution in [-0.2, 0) is 18.4 Å². The van der Waals surface area contributed by atoms with Gasteiger partial charge in [0.25, 0.3) is 0 Å². The van der Waals surface area contributed by atoms with E-state index in [1.807, 2.05) is 6.92 Å². The number of anilines is 1. The normalized spacial score (nSPS) is 10.8. The molecule has 0 unspecified atom stereocenters. The zero-order valence-corrected chi connectivity index (χ0v) is 16.7. The van der Waals surface area contributed by atoms with Crippen molar-refractivity contribution in [2.45, 2.75) is 18.7 Å². The number of rotatable bonds is 7. The number of nitrogens with one attached hydrogen (secondary N) is 1. The summed E-state index contributed by atoms with van der Waals surface area (Å²) in [5, 5.41) is 20.2. The number of thioether (sulfide) groups is 1. The number of hydrogen-bond acceptors (Lipinski definition) is 8. The van der Waals surface area contributed by atoms with E-state index in [0.29, 0.717) is 21.9 Å². The van der Waals surface area contributed by atoms with Gasteiger partial charge < -0.3 is 9.30 Å². The Morgan fingerprint density at radius 1 is 1.37 bits per heavy atom. The highest BCUT2D eigenvalue weighted by atomic mass is 35.5. The molecule has 0 saturated heterocycles. The largest absolute Gasteiger partial charge is 0.486 e. The SMILES string of the molecule is Cc1nnc(NC(=O)CSc2nnc(COc3ccc(F)c(Cl)c3)n2C)s1. The number of carbonyl (C=O) groups is 1. The summed E-state index contributed by atoms with van der Waals surface area (Å²) in [7, 11) is 1.77. The number of ether oxygens (including phenoxy) is 1. The highest BCUT2D eigenvalue weighted by molar-refractivity contribution is 7.99. The average Bonchev–Trinajstić information content (AvgIpc) is 3.20. The van der Waals surface area contributed by atoms with Gasteiger partial charge in [0.2, 0.25) is 11.0 Å². The molecule has 1 N–H and O–H groups in total. The molecule has 0 atom stereocenters. The van der Waals surface area contributed by atoms with Crippen LogP contribution in [0.5, 0.6) is 5.75 Å². The van der Waals surface area contributed by atoms with Gasteiger partial charge in [0.05, 0.1) is 10.8 Å². The third-order valence-corrected chi connectivity index (χ3v) is 5.35. The van der Waals surface area contributed by atoms with E-state index in [1.165, 1.54) is 41.3 Å². The van der Waals surface area contributed by atoms with Crippen molar-refractivity contribution in [2.24, 2.45) is 7.05 Å². The van der Waals surface area contributed by atoms with E-state index in [9.17, 15) is 9.18 Å². The summed E-state index contributed by atoms with van der Waals surface area (Å²) in [6, 6.07) is 4.10. The van der Waals surface area contributed by atoms with Crippen LogP contribution in [0.25, 0.3) is 0 Å². The van der Waals surface area contributed by atoms with Crippen LogP contribution in [0, 0.1) is 12.7 Å². The van der Waals surface area contributed by atoms with Crippen molar-refractivity contribution in [3.8, 4) is 5.75 Å². The fourth-order valence-electron chi connectivity index (χ4n) is 1.94. The molecule has 0 spiro atoms. The van der Waals surface area contributed by atoms with E-state index in [0.717, 1.165) is 5.01 Å². The van der Waals surface area contributed by atoms with Gasteiger partial charge in [-0.05, 0) is 19.1 Å². The van der Waals surface area contributed by atoms with Crippen LogP contribution in [0.15, 0.2) is 23.4 Å². The van der Waals surface area contributed by atoms with E-state index in [1.54, 1.807) is 11.6 Å². The third-order valence-electron chi connectivity index (χ3n) is 3.29. The van der Waals surface area contributed by atoms with Crippen molar-refractivity contribution >= 4 is 45.7 Å². The third kappa shape index (κ3) is 5.15. The Balaban J connectivity index is 1.53. The predicted molar refractivity (Wildman–Crippen MR) is 101 cm³/mol.